The number of aromatic nitrogens is 3. The Hall–Kier alpha value is -5.10. The van der Waals surface area contributed by atoms with Crippen molar-refractivity contribution in [3.8, 4) is 22.6 Å². The summed E-state index contributed by atoms with van der Waals surface area (Å²) in [6.07, 6.45) is 7.28. The molecule has 11 nitrogen and oxygen atoms in total. The van der Waals surface area contributed by atoms with Gasteiger partial charge in [-0.15, -0.1) is 12.4 Å². The Labute approximate surface area is 322 Å². The van der Waals surface area contributed by atoms with Crippen LogP contribution in [0.25, 0.3) is 33.7 Å². The first-order valence-corrected chi connectivity index (χ1v) is 18.8. The Morgan fingerprint density at radius 3 is 2.39 bits per heavy atom. The topological polar surface area (TPSA) is 167 Å². The maximum atomic E-state index is 13.9. The van der Waals surface area contributed by atoms with Crippen LogP contribution in [0.1, 0.15) is 60.0 Å². The van der Waals surface area contributed by atoms with Crippen molar-refractivity contribution in [2.24, 2.45) is 17.6 Å². The smallest absolute Gasteiger partial charge is 0.251 e. The summed E-state index contributed by atoms with van der Waals surface area (Å²) in [5.74, 6) is 0.509. The third-order valence-corrected chi connectivity index (χ3v) is 10.7. The van der Waals surface area contributed by atoms with Crippen LogP contribution in [0.4, 0.5) is 5.69 Å². The van der Waals surface area contributed by atoms with Crippen LogP contribution in [0, 0.1) is 18.8 Å². The van der Waals surface area contributed by atoms with Crippen molar-refractivity contribution in [1.82, 2.24) is 30.9 Å². The number of aromatic amines is 1. The van der Waals surface area contributed by atoms with Crippen molar-refractivity contribution in [3.63, 3.8) is 0 Å². The van der Waals surface area contributed by atoms with Gasteiger partial charge in [-0.25, -0.2) is 4.98 Å². The number of aryl methyl sites for hydroxylation is 1. The molecule has 1 atom stereocenters. The Kier molecular flexibility index (Phi) is 12.7. The number of fused-ring (bicyclic) bond motifs is 1. The molecule has 0 bridgehead atoms. The summed E-state index contributed by atoms with van der Waals surface area (Å²) in [6, 6.07) is 24.5. The molecule has 7 rings (SSSR count). The van der Waals surface area contributed by atoms with E-state index in [1.54, 1.807) is 6.20 Å². The molecule has 3 heterocycles. The Morgan fingerprint density at radius 2 is 1.69 bits per heavy atom. The van der Waals surface area contributed by atoms with Crippen LogP contribution in [0.2, 0.25) is 0 Å². The number of piperidine rings is 1. The normalized spacial score (nSPS) is 18.0. The third kappa shape index (κ3) is 9.33. The number of imidazole rings is 1. The Balaban J connectivity index is 0.00000497. The second-order valence-corrected chi connectivity index (χ2v) is 14.5. The number of pyridine rings is 1. The summed E-state index contributed by atoms with van der Waals surface area (Å²) in [5.41, 5.74) is 13.4. The lowest BCUT2D eigenvalue weighted by molar-refractivity contribution is -0.130. The number of anilines is 1. The van der Waals surface area contributed by atoms with E-state index in [9.17, 15) is 14.4 Å². The quantitative estimate of drug-likeness (QED) is 0.0973. The lowest BCUT2D eigenvalue weighted by atomic mass is 9.81. The molecule has 3 amide bonds. The van der Waals surface area contributed by atoms with Gasteiger partial charge < -0.3 is 32.0 Å². The fraction of sp³-hybridized carbons (Fsp3) is 0.357. The molecule has 2 aromatic heterocycles. The number of nitrogens with zero attached hydrogens (tertiary/aromatic N) is 2. The summed E-state index contributed by atoms with van der Waals surface area (Å²) in [6.45, 7) is 4.49. The number of carbonyl (C=O) groups is 3. The van der Waals surface area contributed by atoms with Gasteiger partial charge in [-0.2, -0.15) is 0 Å². The number of H-pyrrole nitrogens is 1. The van der Waals surface area contributed by atoms with Gasteiger partial charge in [0.25, 0.3) is 5.91 Å². The standard InChI is InChI=1S/C42H48N8O3.ClH/c1-26-22-31(41(52)46-32-17-20-44-21-18-32)13-15-34(26)29-9-5-27(6-10-29)23-38(50-40(51)30-11-7-28(25-43)8-12-30)42(53)47-33-14-16-35-37(24-33)49-39(48-35)36-4-2-3-19-45-36;/h2-6,9-10,13-16,19,22,24,28,30,32,38,44H,7-8,11-12,17-18,20-21,23,25,43H2,1H3,(H,46,52)(H,47,53)(H,48,49)(H,50,51);1H/t28-,30-,38-;/m0./s1. The monoisotopic (exact) mass is 748 g/mol. The molecule has 3 aromatic carbocycles. The SMILES string of the molecule is Cc1cc(C(=O)NC2CCNCC2)ccc1-c1ccc(C[C@H](NC(=O)[C@H]2CC[C@H](CN)CC2)C(=O)Nc2ccc3[nH]c(-c4ccccn4)nc3c2)cc1.Cl. The molecule has 5 aromatic rings. The van der Waals surface area contributed by atoms with E-state index in [4.69, 9.17) is 10.7 Å². The first kappa shape index (κ1) is 38.6. The van der Waals surface area contributed by atoms with Crippen LogP contribution in [0.15, 0.2) is 85.1 Å². The van der Waals surface area contributed by atoms with Gasteiger partial charge in [0.1, 0.15) is 11.7 Å². The van der Waals surface area contributed by atoms with Gasteiger partial charge >= 0.3 is 0 Å². The van der Waals surface area contributed by atoms with Crippen LogP contribution in [0.3, 0.4) is 0 Å². The van der Waals surface area contributed by atoms with Gasteiger partial charge in [-0.05, 0) is 136 Å². The number of hydrogen-bond donors (Lipinski definition) is 6. The van der Waals surface area contributed by atoms with Gasteiger partial charge in [0, 0.05) is 35.8 Å². The molecule has 54 heavy (non-hydrogen) atoms. The average Bonchev–Trinajstić information content (AvgIpc) is 3.62. The number of nitrogens with one attached hydrogen (secondary N) is 5. The summed E-state index contributed by atoms with van der Waals surface area (Å²) >= 11 is 0. The maximum absolute atomic E-state index is 13.9. The zero-order valence-electron chi connectivity index (χ0n) is 30.6. The number of carbonyl (C=O) groups excluding carboxylic acids is 3. The Bertz CT molecular complexity index is 2060. The highest BCUT2D eigenvalue weighted by atomic mass is 35.5. The molecule has 1 saturated heterocycles. The van der Waals surface area contributed by atoms with Gasteiger partial charge in [-0.1, -0.05) is 36.4 Å². The molecule has 12 heteroatoms. The van der Waals surface area contributed by atoms with Crippen LogP contribution in [0.5, 0.6) is 0 Å². The predicted octanol–water partition coefficient (Wildman–Crippen LogP) is 5.94. The minimum absolute atomic E-state index is 0. The average molecular weight is 749 g/mol. The van der Waals surface area contributed by atoms with Crippen molar-refractivity contribution in [1.29, 1.82) is 0 Å². The number of nitrogens with two attached hydrogens (primary N) is 1. The molecule has 282 valence electrons. The molecule has 1 aliphatic carbocycles. The largest absolute Gasteiger partial charge is 0.349 e. The van der Waals surface area contributed by atoms with E-state index in [0.717, 1.165) is 85.1 Å². The van der Waals surface area contributed by atoms with Crippen molar-refractivity contribution in [3.05, 3.63) is 102 Å². The summed E-state index contributed by atoms with van der Waals surface area (Å²) in [5, 5.41) is 12.6. The molecular weight excluding hydrogens is 700 g/mol. The minimum Gasteiger partial charge on any atom is -0.349 e. The number of halogens is 1. The number of hydrogen-bond acceptors (Lipinski definition) is 7. The summed E-state index contributed by atoms with van der Waals surface area (Å²) in [4.78, 5) is 52.8. The van der Waals surface area contributed by atoms with E-state index < -0.39 is 6.04 Å². The van der Waals surface area contributed by atoms with Crippen LogP contribution >= 0.6 is 12.4 Å². The van der Waals surface area contributed by atoms with Gasteiger partial charge in [-0.3, -0.25) is 19.4 Å². The highest BCUT2D eigenvalue weighted by molar-refractivity contribution is 5.99. The van der Waals surface area contributed by atoms with Gasteiger partial charge in [0.15, 0.2) is 5.82 Å². The Morgan fingerprint density at radius 1 is 0.907 bits per heavy atom. The molecule has 0 spiro atoms. The van der Waals surface area contributed by atoms with E-state index in [1.165, 1.54) is 0 Å². The van der Waals surface area contributed by atoms with Gasteiger partial charge in [0.05, 0.1) is 11.0 Å². The number of rotatable bonds is 11. The molecule has 2 fully saturated rings. The second-order valence-electron chi connectivity index (χ2n) is 14.5. The zero-order valence-corrected chi connectivity index (χ0v) is 31.4. The molecule has 0 radical (unpaired) electrons. The third-order valence-electron chi connectivity index (χ3n) is 10.7. The minimum atomic E-state index is -0.793. The fourth-order valence-corrected chi connectivity index (χ4v) is 7.52. The number of benzene rings is 3. The van der Waals surface area contributed by atoms with Crippen LogP contribution in [-0.4, -0.2) is 64.4 Å². The predicted molar refractivity (Wildman–Crippen MR) is 215 cm³/mol. The van der Waals surface area contributed by atoms with E-state index in [0.29, 0.717) is 41.5 Å². The maximum Gasteiger partial charge on any atom is 0.251 e. The molecule has 0 unspecified atom stereocenters. The number of amides is 3. The zero-order chi connectivity index (χ0) is 36.7. The van der Waals surface area contributed by atoms with E-state index in [1.807, 2.05) is 85.8 Å². The first-order chi connectivity index (χ1) is 25.8. The summed E-state index contributed by atoms with van der Waals surface area (Å²) < 4.78 is 0. The molecule has 2 aliphatic rings. The van der Waals surface area contributed by atoms with Crippen LogP contribution in [-0.2, 0) is 16.0 Å². The van der Waals surface area contributed by atoms with Crippen molar-refractivity contribution >= 4 is 46.8 Å². The highest BCUT2D eigenvalue weighted by Crippen LogP contribution is 2.29. The fourth-order valence-electron chi connectivity index (χ4n) is 7.52. The first-order valence-electron chi connectivity index (χ1n) is 18.8. The molecule has 1 aliphatic heterocycles. The van der Waals surface area contributed by atoms with Crippen molar-refractivity contribution in [2.45, 2.75) is 64.0 Å². The van der Waals surface area contributed by atoms with Gasteiger partial charge in [0.2, 0.25) is 11.8 Å². The van der Waals surface area contributed by atoms with Crippen LogP contribution < -0.4 is 27.0 Å². The van der Waals surface area contributed by atoms with Crippen molar-refractivity contribution < 1.29 is 14.4 Å². The summed E-state index contributed by atoms with van der Waals surface area (Å²) in [7, 11) is 0. The lowest BCUT2D eigenvalue weighted by Gasteiger charge is -2.28. The second kappa shape index (κ2) is 17.8. The van der Waals surface area contributed by atoms with E-state index >= 15 is 0 Å². The highest BCUT2D eigenvalue weighted by Gasteiger charge is 2.29. The van der Waals surface area contributed by atoms with E-state index in [-0.39, 0.29) is 42.1 Å². The molecular formula is C42H49ClN8O3. The van der Waals surface area contributed by atoms with Crippen molar-refractivity contribution in [2.75, 3.05) is 25.0 Å². The lowest BCUT2D eigenvalue weighted by Crippen LogP contribution is -2.48. The molecule has 7 N–H and O–H groups in total. The van der Waals surface area contributed by atoms with E-state index in [2.05, 4.69) is 31.2 Å². The molecule has 1 saturated carbocycles.